The van der Waals surface area contributed by atoms with E-state index in [0.29, 0.717) is 27.8 Å². The van der Waals surface area contributed by atoms with Crippen molar-refractivity contribution in [1.29, 1.82) is 0 Å². The molecule has 4 aromatic carbocycles. The maximum absolute atomic E-state index is 14.6. The van der Waals surface area contributed by atoms with Crippen LogP contribution in [0.15, 0.2) is 102 Å². The molecule has 4 aromatic rings. The maximum atomic E-state index is 14.6. The van der Waals surface area contributed by atoms with Crippen LogP contribution in [0, 0.1) is 13.8 Å². The maximum Gasteiger partial charge on any atom is 0.264 e. The summed E-state index contributed by atoms with van der Waals surface area (Å²) in [6, 6.07) is 26.8. The molecule has 0 aromatic heterocycles. The molecule has 0 aliphatic heterocycles. The lowest BCUT2D eigenvalue weighted by atomic mass is 10.0. The van der Waals surface area contributed by atoms with Gasteiger partial charge in [-0.05, 0) is 72.9 Å². The number of halogens is 2. The summed E-state index contributed by atoms with van der Waals surface area (Å²) in [5.41, 5.74) is 3.40. The zero-order valence-corrected chi connectivity index (χ0v) is 28.6. The van der Waals surface area contributed by atoms with Crippen molar-refractivity contribution in [2.75, 3.05) is 17.4 Å². The summed E-state index contributed by atoms with van der Waals surface area (Å²) >= 11 is 12.8. The number of nitrogens with zero attached hydrogens (tertiary/aromatic N) is 2. The molecule has 0 aliphatic carbocycles. The lowest BCUT2D eigenvalue weighted by Gasteiger charge is -2.34. The standard InChI is InChI=1S/C36H39Cl2N3O4S/c1-4-5-21-39-36(43)34(22-28-14-8-6-9-15-28)40(24-29-19-20-30(37)23-32(29)38)35(42)25-41(33-18-12-13-26(2)27(33)3)46(44,45)31-16-10-7-11-17-31/h6-20,23,34H,4-5,21-22,24-25H2,1-3H3,(H,39,43). The third kappa shape index (κ3) is 8.69. The van der Waals surface area contributed by atoms with E-state index in [-0.39, 0.29) is 23.8 Å². The first-order valence-electron chi connectivity index (χ1n) is 15.2. The fourth-order valence-corrected chi connectivity index (χ4v) is 7.09. The second kappa shape index (κ2) is 16.1. The Morgan fingerprint density at radius 2 is 1.54 bits per heavy atom. The number of hydrogen-bond donors (Lipinski definition) is 1. The smallest absolute Gasteiger partial charge is 0.264 e. The van der Waals surface area contributed by atoms with Gasteiger partial charge in [0.1, 0.15) is 12.6 Å². The fourth-order valence-electron chi connectivity index (χ4n) is 5.13. The molecule has 0 aliphatic rings. The Morgan fingerprint density at radius 1 is 0.870 bits per heavy atom. The number of amides is 2. The highest BCUT2D eigenvalue weighted by Gasteiger charge is 2.35. The van der Waals surface area contributed by atoms with Gasteiger partial charge in [-0.3, -0.25) is 13.9 Å². The van der Waals surface area contributed by atoms with E-state index in [0.717, 1.165) is 33.8 Å². The van der Waals surface area contributed by atoms with Crippen LogP contribution in [0.1, 0.15) is 42.0 Å². The predicted octanol–water partition coefficient (Wildman–Crippen LogP) is 7.36. The van der Waals surface area contributed by atoms with Crippen LogP contribution in [0.5, 0.6) is 0 Å². The van der Waals surface area contributed by atoms with Crippen LogP contribution in [-0.2, 0) is 32.6 Å². The zero-order valence-electron chi connectivity index (χ0n) is 26.2. The van der Waals surface area contributed by atoms with Gasteiger partial charge < -0.3 is 10.2 Å². The molecule has 1 unspecified atom stereocenters. The average Bonchev–Trinajstić information content (AvgIpc) is 3.04. The van der Waals surface area contributed by atoms with Crippen molar-refractivity contribution in [2.24, 2.45) is 0 Å². The summed E-state index contributed by atoms with van der Waals surface area (Å²) < 4.78 is 29.6. The summed E-state index contributed by atoms with van der Waals surface area (Å²) in [6.07, 6.45) is 1.87. The second-order valence-corrected chi connectivity index (χ2v) is 13.9. The SMILES string of the molecule is CCCCNC(=O)C(Cc1ccccc1)N(Cc1ccc(Cl)cc1Cl)C(=O)CN(c1cccc(C)c1C)S(=O)(=O)c1ccccc1. The summed E-state index contributed by atoms with van der Waals surface area (Å²) in [6.45, 7) is 5.61. The molecule has 242 valence electrons. The minimum atomic E-state index is -4.19. The van der Waals surface area contributed by atoms with Crippen LogP contribution in [0.2, 0.25) is 10.0 Å². The number of benzene rings is 4. The van der Waals surface area contributed by atoms with E-state index in [2.05, 4.69) is 5.32 Å². The van der Waals surface area contributed by atoms with Gasteiger partial charge in [0, 0.05) is 29.6 Å². The van der Waals surface area contributed by atoms with Gasteiger partial charge in [0.2, 0.25) is 11.8 Å². The number of unbranched alkanes of at least 4 members (excludes halogenated alkanes) is 1. The fraction of sp³-hybridized carbons (Fsp3) is 0.278. The van der Waals surface area contributed by atoms with Gasteiger partial charge in [0.05, 0.1) is 10.6 Å². The number of nitrogens with one attached hydrogen (secondary N) is 1. The molecule has 10 heteroatoms. The number of carbonyl (C=O) groups excluding carboxylic acids is 2. The predicted molar refractivity (Wildman–Crippen MR) is 186 cm³/mol. The van der Waals surface area contributed by atoms with Gasteiger partial charge in [-0.15, -0.1) is 0 Å². The van der Waals surface area contributed by atoms with Crippen molar-refractivity contribution < 1.29 is 18.0 Å². The summed E-state index contributed by atoms with van der Waals surface area (Å²) in [5, 5.41) is 3.75. The highest BCUT2D eigenvalue weighted by atomic mass is 35.5. The molecule has 7 nitrogen and oxygen atoms in total. The lowest BCUT2D eigenvalue weighted by molar-refractivity contribution is -0.140. The van der Waals surface area contributed by atoms with Crippen LogP contribution in [0.25, 0.3) is 0 Å². The Bertz CT molecular complexity index is 1750. The molecule has 0 radical (unpaired) electrons. The number of aryl methyl sites for hydroxylation is 1. The third-order valence-corrected chi connectivity index (χ3v) is 10.3. The molecule has 4 rings (SSSR count). The minimum absolute atomic E-state index is 0.0421. The molecule has 1 atom stereocenters. The molecule has 0 spiro atoms. The van der Waals surface area contributed by atoms with E-state index in [4.69, 9.17) is 23.2 Å². The first kappa shape index (κ1) is 35.0. The summed E-state index contributed by atoms with van der Waals surface area (Å²) in [7, 11) is -4.19. The van der Waals surface area contributed by atoms with Gasteiger partial charge in [0.15, 0.2) is 0 Å². The third-order valence-electron chi connectivity index (χ3n) is 7.91. The minimum Gasteiger partial charge on any atom is -0.354 e. The van der Waals surface area contributed by atoms with Crippen molar-refractivity contribution >= 4 is 50.7 Å². The second-order valence-electron chi connectivity index (χ2n) is 11.2. The first-order chi connectivity index (χ1) is 22.0. The average molecular weight is 681 g/mol. The molecule has 0 saturated heterocycles. The highest BCUT2D eigenvalue weighted by molar-refractivity contribution is 7.92. The quantitative estimate of drug-likeness (QED) is 0.141. The molecule has 0 bridgehead atoms. The van der Waals surface area contributed by atoms with Crippen molar-refractivity contribution in [1.82, 2.24) is 10.2 Å². The topological polar surface area (TPSA) is 86.8 Å². The summed E-state index contributed by atoms with van der Waals surface area (Å²) in [5.74, 6) is -0.891. The van der Waals surface area contributed by atoms with Crippen molar-refractivity contribution in [3.63, 3.8) is 0 Å². The van der Waals surface area contributed by atoms with Crippen LogP contribution in [-0.4, -0.2) is 44.3 Å². The molecular weight excluding hydrogens is 641 g/mol. The van der Waals surface area contributed by atoms with Crippen molar-refractivity contribution in [3.8, 4) is 0 Å². The normalized spacial score (nSPS) is 11.9. The number of carbonyl (C=O) groups is 2. The van der Waals surface area contributed by atoms with Crippen molar-refractivity contribution in [3.05, 3.63) is 129 Å². The molecule has 0 saturated carbocycles. The van der Waals surface area contributed by atoms with Crippen molar-refractivity contribution in [2.45, 2.75) is 57.5 Å². The van der Waals surface area contributed by atoms with E-state index in [9.17, 15) is 18.0 Å². The zero-order chi connectivity index (χ0) is 33.3. The van der Waals surface area contributed by atoms with Crippen LogP contribution in [0.4, 0.5) is 5.69 Å². The van der Waals surface area contributed by atoms with Gasteiger partial charge in [0.25, 0.3) is 10.0 Å². The van der Waals surface area contributed by atoms with E-state index < -0.39 is 28.5 Å². The van der Waals surface area contributed by atoms with Gasteiger partial charge in [-0.1, -0.05) is 103 Å². The number of anilines is 1. The van der Waals surface area contributed by atoms with E-state index >= 15 is 0 Å². The Morgan fingerprint density at radius 3 is 2.20 bits per heavy atom. The van der Waals surface area contributed by atoms with E-state index in [1.807, 2.05) is 57.2 Å². The van der Waals surface area contributed by atoms with Crippen LogP contribution < -0.4 is 9.62 Å². The van der Waals surface area contributed by atoms with E-state index in [1.54, 1.807) is 48.5 Å². The van der Waals surface area contributed by atoms with Crippen LogP contribution in [0.3, 0.4) is 0 Å². The molecule has 2 amide bonds. The number of hydrogen-bond acceptors (Lipinski definition) is 4. The largest absolute Gasteiger partial charge is 0.354 e. The Labute approximate surface area is 282 Å². The molecule has 0 fully saturated rings. The highest BCUT2D eigenvalue weighted by Crippen LogP contribution is 2.30. The van der Waals surface area contributed by atoms with Crippen LogP contribution >= 0.6 is 23.2 Å². The van der Waals surface area contributed by atoms with Gasteiger partial charge in [-0.2, -0.15) is 0 Å². The molecular formula is C36H39Cl2N3O4S. The Kier molecular flexibility index (Phi) is 12.3. The Hall–Kier alpha value is -3.85. The summed E-state index contributed by atoms with van der Waals surface area (Å²) in [4.78, 5) is 30.0. The van der Waals surface area contributed by atoms with Gasteiger partial charge in [-0.25, -0.2) is 8.42 Å². The monoisotopic (exact) mass is 679 g/mol. The van der Waals surface area contributed by atoms with E-state index in [1.165, 1.54) is 17.0 Å². The molecule has 46 heavy (non-hydrogen) atoms. The number of rotatable bonds is 14. The number of sulfonamides is 1. The first-order valence-corrected chi connectivity index (χ1v) is 17.4. The molecule has 0 heterocycles. The lowest BCUT2D eigenvalue weighted by Crippen LogP contribution is -2.53. The van der Waals surface area contributed by atoms with Gasteiger partial charge >= 0.3 is 0 Å². The molecule has 1 N–H and O–H groups in total. The Balaban J connectivity index is 1.83.